The second kappa shape index (κ2) is 8.34. The molecule has 1 aromatic heterocycles. The van der Waals surface area contributed by atoms with E-state index >= 15 is 0 Å². The molecule has 0 spiro atoms. The first kappa shape index (κ1) is 23.8. The quantitative estimate of drug-likeness (QED) is 0.647. The Hall–Kier alpha value is -3.47. The van der Waals surface area contributed by atoms with Crippen LogP contribution in [-0.4, -0.2) is 29.7 Å². The van der Waals surface area contributed by atoms with Crippen LogP contribution in [-0.2, 0) is 34.5 Å². The Balaban J connectivity index is 2.60. The van der Waals surface area contributed by atoms with Crippen molar-refractivity contribution in [1.82, 2.24) is 13.9 Å². The molecule has 0 bridgehead atoms. The number of rotatable bonds is 5. The molecule has 0 saturated carbocycles. The van der Waals surface area contributed by atoms with Crippen LogP contribution in [0.25, 0.3) is 5.69 Å². The van der Waals surface area contributed by atoms with Gasteiger partial charge in [-0.2, -0.15) is 18.4 Å². The van der Waals surface area contributed by atoms with Crippen LogP contribution in [0.2, 0.25) is 0 Å². The zero-order valence-corrected chi connectivity index (χ0v) is 16.8. The zero-order valence-electron chi connectivity index (χ0n) is 15.9. The number of hydrogen-bond donors (Lipinski definition) is 1. The van der Waals surface area contributed by atoms with E-state index in [1.807, 2.05) is 0 Å². The van der Waals surface area contributed by atoms with E-state index in [9.17, 15) is 40.4 Å². The molecular formula is C17H14F4N4O5S. The van der Waals surface area contributed by atoms with Crippen LogP contribution in [0.1, 0.15) is 23.2 Å². The maximum Gasteiger partial charge on any atom is 0.431 e. The number of nitrogens with one attached hydrogen (secondary N) is 1. The Morgan fingerprint density at radius 1 is 1.23 bits per heavy atom. The monoisotopic (exact) mass is 462 g/mol. The van der Waals surface area contributed by atoms with Gasteiger partial charge in [-0.1, -0.05) is 0 Å². The van der Waals surface area contributed by atoms with Crippen LogP contribution in [0.4, 0.5) is 17.6 Å². The van der Waals surface area contributed by atoms with Crippen molar-refractivity contribution in [2.75, 3.05) is 6.26 Å². The van der Waals surface area contributed by atoms with Crippen molar-refractivity contribution in [3.05, 3.63) is 61.7 Å². The van der Waals surface area contributed by atoms with Gasteiger partial charge >= 0.3 is 11.9 Å². The topological polar surface area (TPSA) is 131 Å². The number of nitriles is 1. The first-order chi connectivity index (χ1) is 14.2. The molecule has 14 heteroatoms. The van der Waals surface area contributed by atoms with Gasteiger partial charge in [-0.05, 0) is 24.1 Å². The molecule has 0 aliphatic rings. The van der Waals surface area contributed by atoms with Crippen molar-refractivity contribution < 1.29 is 30.8 Å². The molecule has 166 valence electrons. The lowest BCUT2D eigenvalue weighted by atomic mass is 10.0. The molecule has 1 aromatic carbocycles. The minimum absolute atomic E-state index is 0.0311. The summed E-state index contributed by atoms with van der Waals surface area (Å²) in [5.41, 5.74) is -5.51. The van der Waals surface area contributed by atoms with Crippen LogP contribution in [0.5, 0.6) is 0 Å². The predicted octanol–water partition coefficient (Wildman–Crippen LogP) is 0.574. The summed E-state index contributed by atoms with van der Waals surface area (Å²) < 4.78 is 77.6. The molecule has 2 aromatic rings. The van der Waals surface area contributed by atoms with Crippen LogP contribution in [0.15, 0.2) is 27.8 Å². The number of alkyl halides is 3. The largest absolute Gasteiger partial charge is 0.431 e. The lowest BCUT2D eigenvalue weighted by molar-refractivity contribution is -0.144. The number of nitrogens with zero attached hydrogens (tertiary/aromatic N) is 3. The average Bonchev–Trinajstić information content (AvgIpc) is 2.62. The Morgan fingerprint density at radius 2 is 1.84 bits per heavy atom. The van der Waals surface area contributed by atoms with Gasteiger partial charge in [0.1, 0.15) is 11.5 Å². The van der Waals surface area contributed by atoms with Gasteiger partial charge in [0.2, 0.25) is 15.9 Å². The molecule has 0 radical (unpaired) electrons. The van der Waals surface area contributed by atoms with Crippen LogP contribution >= 0.6 is 0 Å². The lowest BCUT2D eigenvalue weighted by Gasteiger charge is -2.15. The smallest absolute Gasteiger partial charge is 0.292 e. The van der Waals surface area contributed by atoms with Crippen LogP contribution in [0.3, 0.4) is 0 Å². The predicted molar refractivity (Wildman–Crippen MR) is 98.3 cm³/mol. The van der Waals surface area contributed by atoms with Gasteiger partial charge in [0.15, 0.2) is 0 Å². The number of aryl methyl sites for hydroxylation is 1. The van der Waals surface area contributed by atoms with E-state index in [0.29, 0.717) is 6.07 Å². The number of aromatic nitrogens is 2. The van der Waals surface area contributed by atoms with E-state index in [4.69, 9.17) is 5.26 Å². The first-order valence-corrected chi connectivity index (χ1v) is 10.2. The third-order valence-electron chi connectivity index (χ3n) is 4.07. The minimum atomic E-state index is -5.01. The molecule has 0 aliphatic heterocycles. The molecule has 1 heterocycles. The van der Waals surface area contributed by atoms with Gasteiger partial charge in [-0.25, -0.2) is 22.2 Å². The standard InChI is InChI=1S/C17H14F4N4O5S/c1-24-13(17(19,20)21)7-15(27)25(16(24)28)12-6-9(10(8-22)5-11(12)18)3-4-14(26)23-31(2,29)30/h5-7H,3-4H2,1-2H3,(H,23,26). The second-order valence-corrected chi connectivity index (χ2v) is 8.16. The third kappa shape index (κ3) is 5.37. The number of benzene rings is 1. The van der Waals surface area contributed by atoms with E-state index in [1.165, 1.54) is 0 Å². The molecular weight excluding hydrogens is 448 g/mol. The normalized spacial score (nSPS) is 11.8. The maximum atomic E-state index is 14.5. The average molecular weight is 462 g/mol. The SMILES string of the molecule is Cn1c(C(F)(F)F)cc(=O)n(-c2cc(CCC(=O)NS(C)(=O)=O)c(C#N)cc2F)c1=O. The van der Waals surface area contributed by atoms with Gasteiger partial charge in [-0.15, -0.1) is 0 Å². The summed E-state index contributed by atoms with van der Waals surface area (Å²) in [6.07, 6.45) is -5.00. The van der Waals surface area contributed by atoms with Crippen molar-refractivity contribution in [1.29, 1.82) is 5.26 Å². The van der Waals surface area contributed by atoms with Crippen molar-refractivity contribution in [2.45, 2.75) is 19.0 Å². The Kier molecular flexibility index (Phi) is 6.41. The zero-order chi connectivity index (χ0) is 23.7. The molecule has 2 rings (SSSR count). The molecule has 0 saturated heterocycles. The Bertz CT molecular complexity index is 1320. The number of sulfonamides is 1. The van der Waals surface area contributed by atoms with E-state index in [0.717, 1.165) is 19.4 Å². The fourth-order valence-electron chi connectivity index (χ4n) is 2.71. The van der Waals surface area contributed by atoms with Crippen molar-refractivity contribution >= 4 is 15.9 Å². The Morgan fingerprint density at radius 3 is 2.35 bits per heavy atom. The molecule has 0 atom stereocenters. The number of carbonyl (C=O) groups excluding carboxylic acids is 1. The van der Waals surface area contributed by atoms with Gasteiger partial charge in [0.05, 0.1) is 23.6 Å². The summed E-state index contributed by atoms with van der Waals surface area (Å²) in [6.45, 7) is 0. The summed E-state index contributed by atoms with van der Waals surface area (Å²) >= 11 is 0. The molecule has 9 nitrogen and oxygen atoms in total. The molecule has 0 fully saturated rings. The van der Waals surface area contributed by atoms with Crippen LogP contribution in [0, 0.1) is 17.1 Å². The number of amides is 1. The number of halogens is 4. The fourth-order valence-corrected chi connectivity index (χ4v) is 3.23. The van der Waals surface area contributed by atoms with E-state index in [1.54, 1.807) is 10.8 Å². The summed E-state index contributed by atoms with van der Waals surface area (Å²) in [4.78, 5) is 36.2. The van der Waals surface area contributed by atoms with E-state index in [2.05, 4.69) is 0 Å². The fraction of sp³-hybridized carbons (Fsp3) is 0.294. The highest BCUT2D eigenvalue weighted by atomic mass is 32.2. The van der Waals surface area contributed by atoms with Gasteiger partial charge in [-0.3, -0.25) is 18.9 Å². The van der Waals surface area contributed by atoms with Crippen molar-refractivity contribution in [3.8, 4) is 11.8 Å². The van der Waals surface area contributed by atoms with Gasteiger partial charge in [0.25, 0.3) is 5.56 Å². The molecule has 1 amide bonds. The summed E-state index contributed by atoms with van der Waals surface area (Å²) in [6, 6.07) is 3.30. The summed E-state index contributed by atoms with van der Waals surface area (Å²) in [7, 11) is -3.09. The molecule has 31 heavy (non-hydrogen) atoms. The van der Waals surface area contributed by atoms with Gasteiger partial charge < -0.3 is 0 Å². The summed E-state index contributed by atoms with van der Waals surface area (Å²) in [5, 5.41) is 9.16. The summed E-state index contributed by atoms with van der Waals surface area (Å²) in [5.74, 6) is -2.17. The lowest BCUT2D eigenvalue weighted by Crippen LogP contribution is -2.41. The highest BCUT2D eigenvalue weighted by Gasteiger charge is 2.35. The molecule has 0 unspecified atom stereocenters. The Labute approximate surface area is 172 Å². The van der Waals surface area contributed by atoms with E-state index < -0.39 is 57.0 Å². The highest BCUT2D eigenvalue weighted by Crippen LogP contribution is 2.27. The van der Waals surface area contributed by atoms with Gasteiger partial charge in [0, 0.05) is 19.5 Å². The highest BCUT2D eigenvalue weighted by molar-refractivity contribution is 7.89. The van der Waals surface area contributed by atoms with Crippen molar-refractivity contribution in [2.24, 2.45) is 7.05 Å². The maximum absolute atomic E-state index is 14.5. The number of hydrogen-bond acceptors (Lipinski definition) is 6. The second-order valence-electron chi connectivity index (χ2n) is 6.41. The van der Waals surface area contributed by atoms with Crippen molar-refractivity contribution in [3.63, 3.8) is 0 Å². The molecule has 1 N–H and O–H groups in total. The number of carbonyl (C=O) groups is 1. The van der Waals surface area contributed by atoms with E-state index in [-0.39, 0.29) is 32.7 Å². The molecule has 0 aliphatic carbocycles. The first-order valence-electron chi connectivity index (χ1n) is 8.29. The minimum Gasteiger partial charge on any atom is -0.292 e. The third-order valence-corrected chi connectivity index (χ3v) is 4.66. The van der Waals surface area contributed by atoms with Crippen LogP contribution < -0.4 is 16.0 Å².